The van der Waals surface area contributed by atoms with Gasteiger partial charge in [0.2, 0.25) is 0 Å². The van der Waals surface area contributed by atoms with Gasteiger partial charge in [-0.1, -0.05) is 19.1 Å². The highest BCUT2D eigenvalue weighted by molar-refractivity contribution is 7.09. The fraction of sp³-hybridized carbons (Fsp3) is 0.286. The highest BCUT2D eigenvalue weighted by Gasteiger charge is 2.07. The first-order valence-electron chi connectivity index (χ1n) is 6.09. The lowest BCUT2D eigenvalue weighted by molar-refractivity contribution is 0.0697. The summed E-state index contributed by atoms with van der Waals surface area (Å²) < 4.78 is 0. The van der Waals surface area contributed by atoms with Crippen LogP contribution in [0, 0.1) is 0 Å². The molecule has 100 valence electrons. The number of carboxylic acids is 1. The number of thiazole rings is 1. The molecule has 0 bridgehead atoms. The Morgan fingerprint density at radius 1 is 1.42 bits per heavy atom. The van der Waals surface area contributed by atoms with Crippen molar-refractivity contribution in [3.63, 3.8) is 0 Å². The van der Waals surface area contributed by atoms with Crippen molar-refractivity contribution in [1.82, 2.24) is 10.3 Å². The standard InChI is InChI=1S/C14H16N2O2S/c1-10(13-16-6-7-19-13)8-15-9-11-2-4-12(5-3-11)14(17)18/h2-7,10,15H,8-9H2,1H3,(H,17,18). The van der Waals surface area contributed by atoms with Crippen LogP contribution in [0.3, 0.4) is 0 Å². The Bertz CT molecular complexity index is 523. The number of benzene rings is 1. The summed E-state index contributed by atoms with van der Waals surface area (Å²) in [5, 5.41) is 15.3. The molecule has 0 radical (unpaired) electrons. The predicted octanol–water partition coefficient (Wildman–Crippen LogP) is 2.73. The summed E-state index contributed by atoms with van der Waals surface area (Å²) in [6.07, 6.45) is 1.82. The first-order valence-corrected chi connectivity index (χ1v) is 6.97. The van der Waals surface area contributed by atoms with Crippen molar-refractivity contribution in [2.24, 2.45) is 0 Å². The average Bonchev–Trinajstić information content (AvgIpc) is 2.93. The minimum absolute atomic E-state index is 0.319. The number of aromatic carboxylic acids is 1. The maximum Gasteiger partial charge on any atom is 0.335 e. The number of nitrogens with zero attached hydrogens (tertiary/aromatic N) is 1. The molecular formula is C14H16N2O2S. The lowest BCUT2D eigenvalue weighted by Gasteiger charge is -2.10. The van der Waals surface area contributed by atoms with Crippen LogP contribution in [0.1, 0.15) is 33.8 Å². The third-order valence-corrected chi connectivity index (χ3v) is 3.86. The monoisotopic (exact) mass is 276 g/mol. The Morgan fingerprint density at radius 2 is 2.16 bits per heavy atom. The van der Waals surface area contributed by atoms with Gasteiger partial charge in [0, 0.05) is 30.6 Å². The Labute approximate surface area is 116 Å². The summed E-state index contributed by atoms with van der Waals surface area (Å²) >= 11 is 1.67. The number of aromatic nitrogens is 1. The van der Waals surface area contributed by atoms with Gasteiger partial charge in [0.15, 0.2) is 0 Å². The Kier molecular flexibility index (Phi) is 4.65. The van der Waals surface area contributed by atoms with E-state index in [2.05, 4.69) is 17.2 Å². The van der Waals surface area contributed by atoms with Gasteiger partial charge in [0.25, 0.3) is 0 Å². The molecule has 1 aromatic heterocycles. The zero-order chi connectivity index (χ0) is 13.7. The van der Waals surface area contributed by atoms with Gasteiger partial charge in [-0.25, -0.2) is 9.78 Å². The molecule has 0 aliphatic rings. The molecule has 1 unspecified atom stereocenters. The Balaban J connectivity index is 1.81. The van der Waals surface area contributed by atoms with Crippen molar-refractivity contribution in [3.8, 4) is 0 Å². The van der Waals surface area contributed by atoms with E-state index in [4.69, 9.17) is 5.11 Å². The maximum atomic E-state index is 10.7. The molecule has 0 aliphatic carbocycles. The molecular weight excluding hydrogens is 260 g/mol. The second-order valence-corrected chi connectivity index (χ2v) is 5.33. The molecule has 4 nitrogen and oxygen atoms in total. The van der Waals surface area contributed by atoms with Crippen LogP contribution in [-0.4, -0.2) is 22.6 Å². The number of rotatable bonds is 6. The topological polar surface area (TPSA) is 62.2 Å². The number of carboxylic acid groups (broad SMARTS) is 1. The molecule has 0 saturated carbocycles. The predicted molar refractivity (Wildman–Crippen MR) is 75.6 cm³/mol. The molecule has 1 atom stereocenters. The second kappa shape index (κ2) is 6.45. The molecule has 0 amide bonds. The molecule has 5 heteroatoms. The quantitative estimate of drug-likeness (QED) is 0.851. The zero-order valence-electron chi connectivity index (χ0n) is 10.7. The van der Waals surface area contributed by atoms with Crippen molar-refractivity contribution in [3.05, 3.63) is 52.0 Å². The summed E-state index contributed by atoms with van der Waals surface area (Å²) in [5.41, 5.74) is 1.40. The van der Waals surface area contributed by atoms with Crippen LogP contribution in [0.15, 0.2) is 35.8 Å². The summed E-state index contributed by atoms with van der Waals surface area (Å²) in [7, 11) is 0. The van der Waals surface area contributed by atoms with Crippen LogP contribution in [0.4, 0.5) is 0 Å². The van der Waals surface area contributed by atoms with E-state index >= 15 is 0 Å². The van der Waals surface area contributed by atoms with Gasteiger partial charge in [0.05, 0.1) is 10.6 Å². The summed E-state index contributed by atoms with van der Waals surface area (Å²) in [5.74, 6) is -0.504. The average molecular weight is 276 g/mol. The van der Waals surface area contributed by atoms with E-state index in [1.807, 2.05) is 23.7 Å². The zero-order valence-corrected chi connectivity index (χ0v) is 11.5. The van der Waals surface area contributed by atoms with Crippen LogP contribution >= 0.6 is 11.3 Å². The van der Waals surface area contributed by atoms with E-state index in [1.54, 1.807) is 23.5 Å². The maximum absolute atomic E-state index is 10.7. The van der Waals surface area contributed by atoms with Crippen molar-refractivity contribution in [1.29, 1.82) is 0 Å². The van der Waals surface area contributed by atoms with Crippen LogP contribution in [-0.2, 0) is 6.54 Å². The lowest BCUT2D eigenvalue weighted by Crippen LogP contribution is -2.19. The van der Waals surface area contributed by atoms with Crippen molar-refractivity contribution in [2.75, 3.05) is 6.54 Å². The van der Waals surface area contributed by atoms with Crippen LogP contribution in [0.2, 0.25) is 0 Å². The number of hydrogen-bond donors (Lipinski definition) is 2. The molecule has 2 rings (SSSR count). The molecule has 2 N–H and O–H groups in total. The number of nitrogens with one attached hydrogen (secondary N) is 1. The second-order valence-electron chi connectivity index (χ2n) is 4.40. The lowest BCUT2D eigenvalue weighted by atomic mass is 10.1. The van der Waals surface area contributed by atoms with Crippen LogP contribution in [0.25, 0.3) is 0 Å². The number of carbonyl (C=O) groups is 1. The van der Waals surface area contributed by atoms with Gasteiger partial charge in [0.1, 0.15) is 0 Å². The highest BCUT2D eigenvalue weighted by atomic mass is 32.1. The molecule has 1 aromatic carbocycles. The minimum atomic E-state index is -0.892. The largest absolute Gasteiger partial charge is 0.478 e. The molecule has 19 heavy (non-hydrogen) atoms. The first-order chi connectivity index (χ1) is 9.16. The van der Waals surface area contributed by atoms with E-state index in [1.165, 1.54) is 0 Å². The molecule has 0 saturated heterocycles. The van der Waals surface area contributed by atoms with Gasteiger partial charge in [-0.05, 0) is 17.7 Å². The highest BCUT2D eigenvalue weighted by Crippen LogP contribution is 2.16. The van der Waals surface area contributed by atoms with E-state index in [0.29, 0.717) is 11.5 Å². The Hall–Kier alpha value is -1.72. The molecule has 0 spiro atoms. The van der Waals surface area contributed by atoms with E-state index in [-0.39, 0.29) is 0 Å². The fourth-order valence-corrected chi connectivity index (χ4v) is 2.46. The van der Waals surface area contributed by atoms with Crippen LogP contribution in [0.5, 0.6) is 0 Å². The summed E-state index contributed by atoms with van der Waals surface area (Å²) in [6, 6.07) is 6.93. The smallest absolute Gasteiger partial charge is 0.335 e. The van der Waals surface area contributed by atoms with E-state index in [0.717, 1.165) is 23.7 Å². The minimum Gasteiger partial charge on any atom is -0.478 e. The third-order valence-electron chi connectivity index (χ3n) is 2.85. The molecule has 1 heterocycles. The van der Waals surface area contributed by atoms with E-state index in [9.17, 15) is 4.79 Å². The van der Waals surface area contributed by atoms with Crippen molar-refractivity contribution < 1.29 is 9.90 Å². The first kappa shape index (κ1) is 13.7. The van der Waals surface area contributed by atoms with E-state index < -0.39 is 5.97 Å². The van der Waals surface area contributed by atoms with Gasteiger partial charge in [-0.15, -0.1) is 11.3 Å². The molecule has 0 fully saturated rings. The third kappa shape index (κ3) is 3.87. The normalized spacial score (nSPS) is 12.3. The van der Waals surface area contributed by atoms with Crippen molar-refractivity contribution >= 4 is 17.3 Å². The van der Waals surface area contributed by atoms with Crippen molar-refractivity contribution in [2.45, 2.75) is 19.4 Å². The van der Waals surface area contributed by atoms with Gasteiger partial charge in [-0.2, -0.15) is 0 Å². The molecule has 0 aliphatic heterocycles. The summed E-state index contributed by atoms with van der Waals surface area (Å²) in [6.45, 7) is 3.73. The Morgan fingerprint density at radius 3 is 2.74 bits per heavy atom. The fourth-order valence-electron chi connectivity index (χ4n) is 1.76. The van der Waals surface area contributed by atoms with Crippen LogP contribution < -0.4 is 5.32 Å². The van der Waals surface area contributed by atoms with Gasteiger partial charge >= 0.3 is 5.97 Å². The molecule has 2 aromatic rings. The SMILES string of the molecule is CC(CNCc1ccc(C(=O)O)cc1)c1nccs1. The van der Waals surface area contributed by atoms with Gasteiger partial charge in [-0.3, -0.25) is 0 Å². The van der Waals surface area contributed by atoms with Gasteiger partial charge < -0.3 is 10.4 Å². The number of hydrogen-bond acceptors (Lipinski definition) is 4. The summed E-state index contributed by atoms with van der Waals surface area (Å²) in [4.78, 5) is 15.0.